The molecule has 0 amide bonds. The Morgan fingerprint density at radius 3 is 1.75 bits per heavy atom. The predicted molar refractivity (Wildman–Crippen MR) is 213 cm³/mol. The van der Waals surface area contributed by atoms with Gasteiger partial charge in [-0.15, -0.1) is 0 Å². The van der Waals surface area contributed by atoms with Crippen molar-refractivity contribution in [3.8, 4) is 5.75 Å². The molecular formula is C42H48BrClN5OP. The Bertz CT molecular complexity index is 1750. The molecule has 266 valence electrons. The molecule has 1 aliphatic heterocycles. The van der Waals surface area contributed by atoms with E-state index in [0.29, 0.717) is 12.6 Å². The van der Waals surface area contributed by atoms with Gasteiger partial charge in [0.2, 0.25) is 0 Å². The molecule has 5 aromatic rings. The van der Waals surface area contributed by atoms with E-state index in [9.17, 15) is 0 Å². The van der Waals surface area contributed by atoms with Crippen LogP contribution in [0.5, 0.6) is 5.75 Å². The van der Waals surface area contributed by atoms with E-state index < -0.39 is 5.96 Å². The van der Waals surface area contributed by atoms with Crippen molar-refractivity contribution in [2.75, 3.05) is 19.3 Å². The van der Waals surface area contributed by atoms with E-state index in [1.54, 1.807) is 0 Å². The third kappa shape index (κ3) is 9.39. The Hall–Kier alpha value is -4.16. The molecule has 1 heterocycles. The number of ether oxygens (including phenoxy) is 1. The minimum Gasteiger partial charge on any atom is -1.00 e. The summed E-state index contributed by atoms with van der Waals surface area (Å²) in [4.78, 5) is 7.94. The number of benzene rings is 5. The van der Waals surface area contributed by atoms with Gasteiger partial charge in [0.25, 0.3) is 5.96 Å². The van der Waals surface area contributed by atoms with Gasteiger partial charge in [-0.2, -0.15) is 4.99 Å². The molecule has 1 unspecified atom stereocenters. The zero-order valence-corrected chi connectivity index (χ0v) is 32.2. The Morgan fingerprint density at radius 1 is 0.667 bits per heavy atom. The molecule has 51 heavy (non-hydrogen) atoms. The van der Waals surface area contributed by atoms with Crippen LogP contribution < -0.4 is 59.0 Å². The molecule has 6 rings (SSSR count). The van der Waals surface area contributed by atoms with Crippen molar-refractivity contribution < 1.29 is 26.7 Å². The van der Waals surface area contributed by atoms with E-state index in [2.05, 4.69) is 136 Å². The van der Waals surface area contributed by atoms with Gasteiger partial charge in [0.05, 0.1) is 6.54 Å². The van der Waals surface area contributed by atoms with Gasteiger partial charge >= 0.3 is 215 Å². The number of hydrogen-bond acceptors (Lipinski definition) is 3. The number of nitrogens with one attached hydrogen (secondary N) is 3. The molecule has 5 N–H and O–H groups in total. The number of nitrogens with two attached hydrogens (primary N) is 1. The standard InChI is InChI=1S/C42H47ClN5OP.BrH/c43-50(37-20-10-5-11-21-37,38-22-12-6-13-23-38,39-24-14-7-15-25-39)33-17-3-1-2-16-32-49-36-28-26-35(27-29-36)40-46-41(44)48-42(47-40)45-31-30-34-18-8-4-9-19-34;/h4-15,18-29,40H,1-3,16-17,30-33H2,(H4,44,45,46,47,48);1H. The van der Waals surface area contributed by atoms with Gasteiger partial charge in [0.1, 0.15) is 0 Å². The minimum atomic E-state index is -3.18. The van der Waals surface area contributed by atoms with Gasteiger partial charge in [-0.25, -0.2) is 5.32 Å². The van der Waals surface area contributed by atoms with E-state index in [1.165, 1.54) is 21.5 Å². The van der Waals surface area contributed by atoms with Gasteiger partial charge in [0.15, 0.2) is 6.17 Å². The second-order valence-corrected chi connectivity index (χ2v) is 19.4. The maximum absolute atomic E-state index is 8.21. The zero-order valence-electron chi connectivity index (χ0n) is 28.9. The quantitative estimate of drug-likeness (QED) is 0.0918. The van der Waals surface area contributed by atoms with Crippen molar-refractivity contribution in [3.05, 3.63) is 157 Å². The first-order valence-electron chi connectivity index (χ1n) is 17.7. The molecule has 0 fully saturated rings. The van der Waals surface area contributed by atoms with Crippen molar-refractivity contribution in [3.63, 3.8) is 0 Å². The van der Waals surface area contributed by atoms with Crippen LogP contribution in [-0.4, -0.2) is 31.2 Å². The Kier molecular flexibility index (Phi) is 13.7. The van der Waals surface area contributed by atoms with Gasteiger partial charge in [-0.1, -0.05) is 30.3 Å². The summed E-state index contributed by atoms with van der Waals surface area (Å²) in [6.07, 6.45) is 7.01. The van der Waals surface area contributed by atoms with Crippen LogP contribution in [0.3, 0.4) is 0 Å². The van der Waals surface area contributed by atoms with Crippen LogP contribution in [-0.2, 0) is 6.42 Å². The first-order chi connectivity index (χ1) is 24.5. The van der Waals surface area contributed by atoms with Gasteiger partial charge in [0, 0.05) is 6.42 Å². The molecule has 1 atom stereocenters. The molecule has 1 aliphatic rings. The molecule has 0 radical (unpaired) electrons. The minimum absolute atomic E-state index is 0. The summed E-state index contributed by atoms with van der Waals surface area (Å²) in [5, 5.41) is 10.2. The summed E-state index contributed by atoms with van der Waals surface area (Å²) in [5.74, 6) is -1.19. The molecule has 0 saturated carbocycles. The van der Waals surface area contributed by atoms with Crippen LogP contribution >= 0.6 is 17.2 Å². The van der Waals surface area contributed by atoms with Gasteiger partial charge in [-0.05, 0) is 5.56 Å². The van der Waals surface area contributed by atoms with Crippen molar-refractivity contribution >= 4 is 45.0 Å². The molecule has 6 nitrogen and oxygen atoms in total. The molecule has 9 heteroatoms. The Morgan fingerprint density at radius 2 is 1.18 bits per heavy atom. The van der Waals surface area contributed by atoms with Crippen molar-refractivity contribution in [2.45, 2.75) is 44.7 Å². The number of unbranched alkanes of at least 4 members (excludes halogenated alkanes) is 4. The fourth-order valence-corrected chi connectivity index (χ4v) is 13.0. The molecule has 0 spiro atoms. The van der Waals surface area contributed by atoms with Crippen molar-refractivity contribution in [2.24, 2.45) is 10.7 Å². The van der Waals surface area contributed by atoms with Crippen LogP contribution in [0.2, 0.25) is 0 Å². The zero-order chi connectivity index (χ0) is 34.5. The van der Waals surface area contributed by atoms with Crippen LogP contribution in [0.25, 0.3) is 0 Å². The number of aliphatic imine (C=N–C) groups is 1. The maximum atomic E-state index is 8.21. The number of hydrogen-bond donors (Lipinski definition) is 4. The molecule has 0 bridgehead atoms. The Balaban J connectivity index is 0.00000504. The van der Waals surface area contributed by atoms with Crippen LogP contribution in [0.1, 0.15) is 49.4 Å². The first-order valence-corrected chi connectivity index (χ1v) is 21.0. The molecule has 5 aromatic carbocycles. The second-order valence-electron chi connectivity index (χ2n) is 12.8. The summed E-state index contributed by atoms with van der Waals surface area (Å²) in [5.41, 5.74) is 8.40. The average Bonchev–Trinajstić information content (AvgIpc) is 3.17. The van der Waals surface area contributed by atoms with E-state index >= 15 is 0 Å². The van der Waals surface area contributed by atoms with Crippen LogP contribution in [0.15, 0.2) is 151 Å². The van der Waals surface area contributed by atoms with Gasteiger partial charge < -0.3 is 22.7 Å². The normalized spacial score (nSPS) is 15.7. The molecular weight excluding hydrogens is 737 g/mol. The maximum Gasteiger partial charge on any atom is 0.352 e. The smallest absolute Gasteiger partial charge is 0.352 e. The third-order valence-electron chi connectivity index (χ3n) is 9.43. The molecule has 0 saturated heterocycles. The number of halogens is 2. The molecule has 0 aliphatic carbocycles. The number of nitrogens with zero attached hydrogens (tertiary/aromatic N) is 1. The third-order valence-corrected chi connectivity index (χ3v) is 17.0. The fraction of sp³-hybridized carbons (Fsp3) is 0.238. The largest absolute Gasteiger partial charge is 1.00 e. The second kappa shape index (κ2) is 18.4. The topological polar surface area (TPSA) is 85.6 Å². The van der Waals surface area contributed by atoms with Crippen LogP contribution in [0.4, 0.5) is 0 Å². The fourth-order valence-electron chi connectivity index (χ4n) is 6.76. The van der Waals surface area contributed by atoms with Gasteiger partial charge in [-0.3, -0.25) is 10.3 Å². The predicted octanol–water partition coefficient (Wildman–Crippen LogP) is 2.89. The summed E-state index contributed by atoms with van der Waals surface area (Å²) in [7, 11) is 0. The van der Waals surface area contributed by atoms with E-state index in [1.807, 2.05) is 30.3 Å². The number of rotatable bonds is 16. The SMILES string of the molecule is NC1=NC(c2ccc(OCCCCCCCP(Cl)(c3ccccc3)(c3ccccc3)c3ccccc3)cc2)NC(=[NH+]CCc2ccccc2)N1.[Br-]. The average molecular weight is 785 g/mol. The summed E-state index contributed by atoms with van der Waals surface area (Å²) < 4.78 is 6.11. The first kappa shape index (κ1) is 38.1. The van der Waals surface area contributed by atoms with Crippen LogP contribution in [0, 0.1) is 0 Å². The van der Waals surface area contributed by atoms with Crippen molar-refractivity contribution in [1.29, 1.82) is 0 Å². The monoisotopic (exact) mass is 783 g/mol. The molecule has 0 aromatic heterocycles. The Labute approximate surface area is 318 Å². The summed E-state index contributed by atoms with van der Waals surface area (Å²) in [6.45, 7) is 1.46. The van der Waals surface area contributed by atoms with E-state index in [0.717, 1.165) is 68.5 Å². The summed E-state index contributed by atoms with van der Waals surface area (Å²) in [6, 6.07) is 50.8. The number of guanidine groups is 2. The van der Waals surface area contributed by atoms with E-state index in [-0.39, 0.29) is 23.1 Å². The summed E-state index contributed by atoms with van der Waals surface area (Å²) >= 11 is 8.21. The van der Waals surface area contributed by atoms with E-state index in [4.69, 9.17) is 21.7 Å². The van der Waals surface area contributed by atoms with Crippen molar-refractivity contribution in [1.82, 2.24) is 10.6 Å².